The molecule has 0 aliphatic rings. The Morgan fingerprint density at radius 2 is 2.26 bits per heavy atom. The lowest BCUT2D eigenvalue weighted by Gasteiger charge is -2.03. The zero-order chi connectivity index (χ0) is 13.8. The van der Waals surface area contributed by atoms with E-state index in [1.807, 2.05) is 6.07 Å². The van der Waals surface area contributed by atoms with E-state index in [4.69, 9.17) is 21.4 Å². The summed E-state index contributed by atoms with van der Waals surface area (Å²) in [4.78, 5) is 12.0. The summed E-state index contributed by atoms with van der Waals surface area (Å²) in [5, 5.41) is 15.3. The fraction of sp³-hybridized carbons (Fsp3) is 0.154. The Morgan fingerprint density at radius 1 is 1.53 bits per heavy atom. The molecule has 0 aliphatic carbocycles. The molecule has 5 nitrogen and oxygen atoms in total. The molecule has 0 saturated heterocycles. The molecule has 0 aliphatic heterocycles. The van der Waals surface area contributed by atoms with Gasteiger partial charge in [0.1, 0.15) is 23.6 Å². The van der Waals surface area contributed by atoms with Crippen molar-refractivity contribution < 1.29 is 9.32 Å². The van der Waals surface area contributed by atoms with Crippen LogP contribution in [0, 0.1) is 18.3 Å². The highest BCUT2D eigenvalue weighted by Crippen LogP contribution is 2.30. The fourth-order valence-corrected chi connectivity index (χ4v) is 1.91. The van der Waals surface area contributed by atoms with Gasteiger partial charge >= 0.3 is 0 Å². The second kappa shape index (κ2) is 5.55. The third-order valence-electron chi connectivity index (χ3n) is 2.55. The van der Waals surface area contributed by atoms with Crippen molar-refractivity contribution in [2.24, 2.45) is 0 Å². The first-order valence-corrected chi connectivity index (χ1v) is 5.89. The molecule has 1 heterocycles. The van der Waals surface area contributed by atoms with Crippen molar-refractivity contribution in [3.05, 3.63) is 40.6 Å². The monoisotopic (exact) mass is 275 g/mol. The number of aromatic nitrogens is 1. The average molecular weight is 276 g/mol. The molecular weight excluding hydrogens is 266 g/mol. The van der Waals surface area contributed by atoms with Crippen LogP contribution >= 0.6 is 11.6 Å². The van der Waals surface area contributed by atoms with E-state index in [1.165, 1.54) is 0 Å². The third-order valence-corrected chi connectivity index (χ3v) is 2.88. The van der Waals surface area contributed by atoms with Crippen molar-refractivity contribution in [2.75, 3.05) is 6.54 Å². The van der Waals surface area contributed by atoms with Gasteiger partial charge < -0.3 is 9.84 Å². The molecule has 2 rings (SSSR count). The molecule has 0 fully saturated rings. The maximum Gasteiger partial charge on any atom is 0.257 e. The molecule has 0 spiro atoms. The number of amides is 1. The first-order valence-electron chi connectivity index (χ1n) is 5.51. The number of benzene rings is 1. The van der Waals surface area contributed by atoms with Crippen LogP contribution in [0.25, 0.3) is 11.3 Å². The molecule has 1 amide bonds. The molecule has 0 atom stereocenters. The molecule has 0 unspecified atom stereocenters. The van der Waals surface area contributed by atoms with Gasteiger partial charge in [0.2, 0.25) is 0 Å². The molecular formula is C13H10ClN3O2. The van der Waals surface area contributed by atoms with Crippen LogP contribution < -0.4 is 5.32 Å². The van der Waals surface area contributed by atoms with E-state index < -0.39 is 5.91 Å². The summed E-state index contributed by atoms with van der Waals surface area (Å²) in [5.41, 5.74) is 1.28. The first kappa shape index (κ1) is 13.1. The smallest absolute Gasteiger partial charge is 0.257 e. The van der Waals surface area contributed by atoms with E-state index >= 15 is 0 Å². The van der Waals surface area contributed by atoms with Crippen LogP contribution in [-0.4, -0.2) is 17.6 Å². The minimum atomic E-state index is -0.407. The number of aryl methyl sites for hydroxylation is 1. The largest absolute Gasteiger partial charge is 0.360 e. The molecule has 1 N–H and O–H groups in total. The number of rotatable bonds is 3. The van der Waals surface area contributed by atoms with E-state index in [-0.39, 0.29) is 6.54 Å². The number of hydrogen-bond acceptors (Lipinski definition) is 4. The van der Waals surface area contributed by atoms with Gasteiger partial charge in [-0.05, 0) is 13.0 Å². The molecule has 19 heavy (non-hydrogen) atoms. The highest BCUT2D eigenvalue weighted by molar-refractivity contribution is 6.33. The van der Waals surface area contributed by atoms with Gasteiger partial charge in [0, 0.05) is 5.56 Å². The van der Waals surface area contributed by atoms with E-state index in [2.05, 4.69) is 10.5 Å². The van der Waals surface area contributed by atoms with Gasteiger partial charge in [-0.25, -0.2) is 0 Å². The number of carbonyl (C=O) groups excluding carboxylic acids is 1. The van der Waals surface area contributed by atoms with Crippen LogP contribution in [0.4, 0.5) is 0 Å². The highest BCUT2D eigenvalue weighted by Gasteiger charge is 2.22. The number of halogens is 1. The summed E-state index contributed by atoms with van der Waals surface area (Å²) in [6.45, 7) is 1.56. The third kappa shape index (κ3) is 2.59. The lowest BCUT2D eigenvalue weighted by atomic mass is 10.1. The Bertz CT molecular complexity index is 658. The maximum atomic E-state index is 12.0. The number of hydrogen-bond donors (Lipinski definition) is 1. The van der Waals surface area contributed by atoms with Gasteiger partial charge in [0.25, 0.3) is 5.91 Å². The summed E-state index contributed by atoms with van der Waals surface area (Å²) in [6.07, 6.45) is 0. The lowest BCUT2D eigenvalue weighted by molar-refractivity contribution is 0.0957. The lowest BCUT2D eigenvalue weighted by Crippen LogP contribution is -2.24. The zero-order valence-electron chi connectivity index (χ0n) is 10.1. The summed E-state index contributed by atoms with van der Waals surface area (Å²) in [6, 6.07) is 8.88. The first-order chi connectivity index (χ1) is 9.15. The Balaban J connectivity index is 2.47. The number of nitriles is 1. The van der Waals surface area contributed by atoms with Gasteiger partial charge in [0.05, 0.1) is 11.1 Å². The van der Waals surface area contributed by atoms with Crippen molar-refractivity contribution in [3.8, 4) is 17.3 Å². The Hall–Kier alpha value is -2.32. The SMILES string of the molecule is Cc1onc(-c2ccccc2Cl)c1C(=O)NCC#N. The van der Waals surface area contributed by atoms with Crippen molar-refractivity contribution >= 4 is 17.5 Å². The van der Waals surface area contributed by atoms with Gasteiger partial charge in [0.15, 0.2) is 0 Å². The second-order valence-electron chi connectivity index (χ2n) is 3.78. The quantitative estimate of drug-likeness (QED) is 0.873. The molecule has 1 aromatic heterocycles. The van der Waals surface area contributed by atoms with Crippen molar-refractivity contribution in [1.82, 2.24) is 10.5 Å². The van der Waals surface area contributed by atoms with Crippen molar-refractivity contribution in [1.29, 1.82) is 5.26 Å². The standard InChI is InChI=1S/C13H10ClN3O2/c1-8-11(13(18)16-7-6-15)12(17-19-8)9-4-2-3-5-10(9)14/h2-5H,7H2,1H3,(H,16,18). The summed E-state index contributed by atoms with van der Waals surface area (Å²) in [7, 11) is 0. The molecule has 0 saturated carbocycles. The summed E-state index contributed by atoms with van der Waals surface area (Å²) < 4.78 is 5.05. The predicted octanol–water partition coefficient (Wildman–Crippen LogP) is 2.56. The highest BCUT2D eigenvalue weighted by atomic mass is 35.5. The Morgan fingerprint density at radius 3 is 2.95 bits per heavy atom. The van der Waals surface area contributed by atoms with Crippen LogP contribution in [0.3, 0.4) is 0 Å². The fourth-order valence-electron chi connectivity index (χ4n) is 1.68. The number of carbonyl (C=O) groups is 1. The van der Waals surface area contributed by atoms with Gasteiger partial charge in [-0.2, -0.15) is 5.26 Å². The van der Waals surface area contributed by atoms with E-state index in [0.717, 1.165) is 0 Å². The van der Waals surface area contributed by atoms with Crippen LogP contribution in [0.15, 0.2) is 28.8 Å². The Labute approximate surface area is 114 Å². The van der Waals surface area contributed by atoms with Crippen molar-refractivity contribution in [3.63, 3.8) is 0 Å². The summed E-state index contributed by atoms with van der Waals surface area (Å²) >= 11 is 6.08. The maximum absolute atomic E-state index is 12.0. The van der Waals surface area contributed by atoms with E-state index in [1.54, 1.807) is 31.2 Å². The Kier molecular flexibility index (Phi) is 3.83. The molecule has 1 aromatic carbocycles. The van der Waals surface area contributed by atoms with Gasteiger partial charge in [-0.15, -0.1) is 0 Å². The minimum Gasteiger partial charge on any atom is -0.360 e. The van der Waals surface area contributed by atoms with Crippen LogP contribution in [0.2, 0.25) is 5.02 Å². The zero-order valence-corrected chi connectivity index (χ0v) is 10.9. The van der Waals surface area contributed by atoms with Crippen LogP contribution in [-0.2, 0) is 0 Å². The normalized spacial score (nSPS) is 9.95. The van der Waals surface area contributed by atoms with Crippen LogP contribution in [0.1, 0.15) is 16.1 Å². The van der Waals surface area contributed by atoms with Crippen LogP contribution in [0.5, 0.6) is 0 Å². The predicted molar refractivity (Wildman–Crippen MR) is 69.6 cm³/mol. The number of nitrogens with zero attached hydrogens (tertiary/aromatic N) is 2. The molecule has 0 bridgehead atoms. The molecule has 96 valence electrons. The average Bonchev–Trinajstić information content (AvgIpc) is 2.78. The topological polar surface area (TPSA) is 78.9 Å². The van der Waals surface area contributed by atoms with Gasteiger partial charge in [-0.3, -0.25) is 4.79 Å². The van der Waals surface area contributed by atoms with Crippen molar-refractivity contribution in [2.45, 2.75) is 6.92 Å². The van der Waals surface area contributed by atoms with Gasteiger partial charge in [-0.1, -0.05) is 35.0 Å². The van der Waals surface area contributed by atoms with E-state index in [0.29, 0.717) is 27.6 Å². The minimum absolute atomic E-state index is 0.0780. The second-order valence-corrected chi connectivity index (χ2v) is 4.19. The molecule has 0 radical (unpaired) electrons. The van der Waals surface area contributed by atoms with E-state index in [9.17, 15) is 4.79 Å². The molecule has 2 aromatic rings. The number of nitrogens with one attached hydrogen (secondary N) is 1. The summed E-state index contributed by atoms with van der Waals surface area (Å²) in [5.74, 6) is -0.0272. The molecule has 6 heteroatoms.